The average molecular weight is 448 g/mol. The van der Waals surface area contributed by atoms with Crippen molar-refractivity contribution in [2.75, 3.05) is 19.6 Å². The zero-order valence-electron chi connectivity index (χ0n) is 14.6. The summed E-state index contributed by atoms with van der Waals surface area (Å²) in [6.45, 7) is 7.22. The number of halogens is 1. The van der Waals surface area contributed by atoms with Gasteiger partial charge in [0.15, 0.2) is 5.96 Å². The lowest BCUT2D eigenvalue weighted by molar-refractivity contribution is -0.129. The van der Waals surface area contributed by atoms with Crippen LogP contribution in [-0.2, 0) is 11.3 Å². The number of hydrogen-bond acceptors (Lipinski definition) is 3. The molecule has 1 saturated heterocycles. The lowest BCUT2D eigenvalue weighted by Gasteiger charge is -2.27. The fourth-order valence-corrected chi connectivity index (χ4v) is 2.89. The molecule has 1 aromatic rings. The van der Waals surface area contributed by atoms with Gasteiger partial charge >= 0.3 is 0 Å². The van der Waals surface area contributed by atoms with Crippen molar-refractivity contribution in [1.82, 2.24) is 15.5 Å². The number of nitrogens with zero attached hydrogens (tertiary/aromatic N) is 2. The second kappa shape index (κ2) is 11.3. The Morgan fingerprint density at radius 1 is 1.42 bits per heavy atom. The summed E-state index contributed by atoms with van der Waals surface area (Å²) in [5.74, 6) is 1.93. The largest absolute Gasteiger partial charge is 0.467 e. The Kier molecular flexibility index (Phi) is 9.82. The van der Waals surface area contributed by atoms with Gasteiger partial charge in [-0.2, -0.15) is 0 Å². The van der Waals surface area contributed by atoms with Gasteiger partial charge in [0.05, 0.1) is 6.26 Å². The Labute approximate surface area is 161 Å². The van der Waals surface area contributed by atoms with E-state index in [1.54, 1.807) is 6.26 Å². The quantitative estimate of drug-likeness (QED) is 0.365. The van der Waals surface area contributed by atoms with Crippen molar-refractivity contribution < 1.29 is 9.21 Å². The second-order valence-corrected chi connectivity index (χ2v) is 5.74. The molecule has 1 fully saturated rings. The molecule has 136 valence electrons. The van der Waals surface area contributed by atoms with Crippen molar-refractivity contribution in [3.8, 4) is 0 Å². The fourth-order valence-electron chi connectivity index (χ4n) is 2.89. The molecule has 0 bridgehead atoms. The summed E-state index contributed by atoms with van der Waals surface area (Å²) in [5, 5.41) is 6.58. The molecular weight excluding hydrogens is 419 g/mol. The van der Waals surface area contributed by atoms with Crippen LogP contribution in [-0.4, -0.2) is 42.4 Å². The van der Waals surface area contributed by atoms with Crippen molar-refractivity contribution in [3.05, 3.63) is 24.2 Å². The molecule has 6 nitrogen and oxygen atoms in total. The van der Waals surface area contributed by atoms with Crippen LogP contribution < -0.4 is 10.6 Å². The predicted molar refractivity (Wildman–Crippen MR) is 107 cm³/mol. The molecule has 1 aliphatic rings. The highest BCUT2D eigenvalue weighted by Crippen LogP contribution is 2.17. The first kappa shape index (κ1) is 20.8. The van der Waals surface area contributed by atoms with Crippen LogP contribution in [0.1, 0.15) is 45.3 Å². The van der Waals surface area contributed by atoms with Crippen LogP contribution in [0.15, 0.2) is 27.8 Å². The summed E-state index contributed by atoms with van der Waals surface area (Å²) in [4.78, 5) is 18.4. The van der Waals surface area contributed by atoms with Crippen molar-refractivity contribution >= 4 is 35.8 Å². The number of carbonyl (C=O) groups is 1. The smallest absolute Gasteiger partial charge is 0.222 e. The summed E-state index contributed by atoms with van der Waals surface area (Å²) in [7, 11) is 0. The first-order valence-electron chi connectivity index (χ1n) is 8.58. The van der Waals surface area contributed by atoms with E-state index < -0.39 is 0 Å². The number of rotatable bonds is 8. The summed E-state index contributed by atoms with van der Waals surface area (Å²) in [6.07, 6.45) is 5.29. The number of furan rings is 1. The molecule has 2 N–H and O–H groups in total. The maximum Gasteiger partial charge on any atom is 0.222 e. The van der Waals surface area contributed by atoms with Gasteiger partial charge in [-0.3, -0.25) is 4.79 Å². The van der Waals surface area contributed by atoms with Crippen LogP contribution in [0.3, 0.4) is 0 Å². The van der Waals surface area contributed by atoms with Crippen LogP contribution in [0.5, 0.6) is 0 Å². The summed E-state index contributed by atoms with van der Waals surface area (Å²) in [5.41, 5.74) is 0. The van der Waals surface area contributed by atoms with E-state index >= 15 is 0 Å². The van der Waals surface area contributed by atoms with E-state index in [9.17, 15) is 4.79 Å². The minimum Gasteiger partial charge on any atom is -0.467 e. The molecule has 0 saturated carbocycles. The molecule has 2 heterocycles. The molecule has 1 aliphatic heterocycles. The summed E-state index contributed by atoms with van der Waals surface area (Å²) in [6, 6.07) is 4.11. The number of carbonyl (C=O) groups excluding carboxylic acids is 1. The zero-order valence-corrected chi connectivity index (χ0v) is 16.9. The first-order valence-corrected chi connectivity index (χ1v) is 8.58. The second-order valence-electron chi connectivity index (χ2n) is 5.74. The highest BCUT2D eigenvalue weighted by atomic mass is 127. The van der Waals surface area contributed by atoms with Gasteiger partial charge in [-0.1, -0.05) is 6.92 Å². The Bertz CT molecular complexity index is 505. The lowest BCUT2D eigenvalue weighted by Crippen LogP contribution is -2.42. The molecule has 0 aliphatic carbocycles. The summed E-state index contributed by atoms with van der Waals surface area (Å²) < 4.78 is 5.29. The number of aliphatic imine (C=N–C) groups is 1. The van der Waals surface area contributed by atoms with Crippen LogP contribution in [0, 0.1) is 0 Å². The topological polar surface area (TPSA) is 69.9 Å². The Morgan fingerprint density at radius 3 is 2.83 bits per heavy atom. The summed E-state index contributed by atoms with van der Waals surface area (Å²) >= 11 is 0. The Balaban J connectivity index is 0.00000288. The normalized spacial score (nSPS) is 16.0. The van der Waals surface area contributed by atoms with Crippen molar-refractivity contribution in [2.24, 2.45) is 4.99 Å². The van der Waals surface area contributed by atoms with Crippen molar-refractivity contribution in [1.29, 1.82) is 0 Å². The molecule has 2 rings (SSSR count). The van der Waals surface area contributed by atoms with E-state index in [0.29, 0.717) is 24.9 Å². The Morgan fingerprint density at radius 2 is 2.25 bits per heavy atom. The third-order valence-corrected chi connectivity index (χ3v) is 4.11. The van der Waals surface area contributed by atoms with Gasteiger partial charge < -0.3 is 20.0 Å². The number of amides is 1. The third-order valence-electron chi connectivity index (χ3n) is 4.11. The van der Waals surface area contributed by atoms with Crippen LogP contribution in [0.25, 0.3) is 0 Å². The lowest BCUT2D eigenvalue weighted by atomic mass is 10.1. The van der Waals surface area contributed by atoms with E-state index in [4.69, 9.17) is 4.42 Å². The molecule has 1 atom stereocenters. The van der Waals surface area contributed by atoms with E-state index in [-0.39, 0.29) is 24.0 Å². The van der Waals surface area contributed by atoms with Crippen LogP contribution in [0.4, 0.5) is 0 Å². The highest BCUT2D eigenvalue weighted by molar-refractivity contribution is 14.0. The van der Waals surface area contributed by atoms with Gasteiger partial charge in [0.2, 0.25) is 5.91 Å². The third kappa shape index (κ3) is 6.33. The standard InChI is InChI=1S/C17H28N4O2.HI/c1-3-14(21-11-5-8-16(21)22)9-10-19-17(18-4-2)20-13-15-7-6-12-23-15;/h6-7,12,14H,3-5,8-11,13H2,1-2H3,(H2,18,19,20);1H. The van der Waals surface area contributed by atoms with E-state index in [0.717, 1.165) is 50.6 Å². The number of guanidine groups is 1. The van der Waals surface area contributed by atoms with Gasteiger partial charge in [-0.15, -0.1) is 24.0 Å². The molecule has 0 aromatic carbocycles. The minimum absolute atomic E-state index is 0. The van der Waals surface area contributed by atoms with Gasteiger partial charge in [0.25, 0.3) is 0 Å². The molecular formula is C17H29IN4O2. The van der Waals surface area contributed by atoms with Crippen molar-refractivity contribution in [2.45, 2.75) is 52.1 Å². The van der Waals surface area contributed by atoms with Crippen LogP contribution >= 0.6 is 24.0 Å². The maximum atomic E-state index is 11.9. The fraction of sp³-hybridized carbons (Fsp3) is 0.647. The first-order chi connectivity index (χ1) is 11.2. The van der Waals surface area contributed by atoms with Gasteiger partial charge in [-0.05, 0) is 38.3 Å². The minimum atomic E-state index is 0. The van der Waals surface area contributed by atoms with Crippen LogP contribution in [0.2, 0.25) is 0 Å². The SMILES string of the molecule is CCNC(=NCc1ccco1)NCCC(CC)N1CCCC1=O.I. The van der Waals surface area contributed by atoms with E-state index in [1.165, 1.54) is 0 Å². The van der Waals surface area contributed by atoms with Gasteiger partial charge in [0.1, 0.15) is 12.3 Å². The average Bonchev–Trinajstić information content (AvgIpc) is 3.21. The molecule has 1 amide bonds. The zero-order chi connectivity index (χ0) is 16.5. The monoisotopic (exact) mass is 448 g/mol. The number of nitrogens with one attached hydrogen (secondary N) is 2. The molecule has 0 radical (unpaired) electrons. The van der Waals surface area contributed by atoms with E-state index in [2.05, 4.69) is 22.5 Å². The molecule has 0 spiro atoms. The van der Waals surface area contributed by atoms with Gasteiger partial charge in [0, 0.05) is 32.1 Å². The molecule has 7 heteroatoms. The highest BCUT2D eigenvalue weighted by Gasteiger charge is 2.26. The molecule has 1 aromatic heterocycles. The van der Waals surface area contributed by atoms with Gasteiger partial charge in [-0.25, -0.2) is 4.99 Å². The number of likely N-dealkylation sites (tertiary alicyclic amines) is 1. The van der Waals surface area contributed by atoms with E-state index in [1.807, 2.05) is 24.0 Å². The molecule has 1 unspecified atom stereocenters. The predicted octanol–water partition coefficient (Wildman–Crippen LogP) is 2.74. The Hall–Kier alpha value is -1.25. The van der Waals surface area contributed by atoms with Crippen molar-refractivity contribution in [3.63, 3.8) is 0 Å². The molecule has 24 heavy (non-hydrogen) atoms. The number of hydrogen-bond donors (Lipinski definition) is 2. The maximum absolute atomic E-state index is 11.9.